The number of hydrogen-bond donors (Lipinski definition) is 0. The average molecular weight is 443 g/mol. The number of fused-ring (bicyclic) bond motifs is 4. The summed E-state index contributed by atoms with van der Waals surface area (Å²) in [5.74, 6) is -0.121. The molecule has 0 N–H and O–H groups in total. The van der Waals surface area contributed by atoms with Crippen molar-refractivity contribution in [3.8, 4) is 5.75 Å². The first-order valence-corrected chi connectivity index (χ1v) is 9.71. The Hall–Kier alpha value is -2.87. The molecule has 0 aliphatic carbocycles. The van der Waals surface area contributed by atoms with Crippen molar-refractivity contribution in [3.05, 3.63) is 58.1 Å². The van der Waals surface area contributed by atoms with Crippen LogP contribution >= 0.6 is 15.9 Å². The fraction of sp³-hybridized carbons (Fsp3) is 0.250. The first kappa shape index (κ1) is 17.2. The number of imide groups is 1. The van der Waals surface area contributed by atoms with Crippen LogP contribution in [0.25, 0.3) is 0 Å². The van der Waals surface area contributed by atoms with Gasteiger partial charge in [0.2, 0.25) is 0 Å². The van der Waals surface area contributed by atoms with Crippen molar-refractivity contribution in [1.29, 1.82) is 0 Å². The second-order valence-corrected chi connectivity index (χ2v) is 7.79. The van der Waals surface area contributed by atoms with Crippen molar-refractivity contribution < 1.29 is 23.9 Å². The zero-order chi connectivity index (χ0) is 19.4. The van der Waals surface area contributed by atoms with E-state index in [2.05, 4.69) is 15.9 Å². The minimum atomic E-state index is -0.618. The Balaban J connectivity index is 1.44. The normalized spacial score (nSPS) is 23.0. The van der Waals surface area contributed by atoms with E-state index < -0.39 is 12.2 Å². The van der Waals surface area contributed by atoms with Crippen molar-refractivity contribution in [3.63, 3.8) is 0 Å². The summed E-state index contributed by atoms with van der Waals surface area (Å²) in [6, 6.07) is 11.8. The number of carbonyl (C=O) groups is 3. The Bertz CT molecular complexity index is 988. The summed E-state index contributed by atoms with van der Waals surface area (Å²) in [7, 11) is 0. The molecule has 142 valence electrons. The molecule has 1 fully saturated rings. The molecule has 5 rings (SSSR count). The highest BCUT2D eigenvalue weighted by molar-refractivity contribution is 9.10. The Labute approximate surface area is 168 Å². The average Bonchev–Trinajstić information content (AvgIpc) is 3.02. The minimum Gasteiger partial charge on any atom is -0.491 e. The van der Waals surface area contributed by atoms with Gasteiger partial charge in [0.25, 0.3) is 11.8 Å². The van der Waals surface area contributed by atoms with Gasteiger partial charge in [-0.1, -0.05) is 28.1 Å². The minimum absolute atomic E-state index is 0.0190. The molecule has 0 bridgehead atoms. The van der Waals surface area contributed by atoms with Crippen LogP contribution in [0.4, 0.5) is 10.5 Å². The quantitative estimate of drug-likeness (QED) is 0.667. The highest BCUT2D eigenvalue weighted by Gasteiger charge is 2.48. The van der Waals surface area contributed by atoms with Gasteiger partial charge < -0.3 is 9.47 Å². The van der Waals surface area contributed by atoms with E-state index in [-0.39, 0.29) is 24.4 Å². The van der Waals surface area contributed by atoms with Crippen LogP contribution in [-0.2, 0) is 4.74 Å². The largest absolute Gasteiger partial charge is 0.491 e. The lowest BCUT2D eigenvalue weighted by Gasteiger charge is -2.24. The van der Waals surface area contributed by atoms with Gasteiger partial charge in [-0.05, 0) is 30.3 Å². The number of rotatable bonds is 2. The topological polar surface area (TPSA) is 76.2 Å². The lowest BCUT2D eigenvalue weighted by molar-refractivity contribution is 0.0527. The zero-order valence-corrected chi connectivity index (χ0v) is 16.2. The molecule has 2 aromatic carbocycles. The van der Waals surface area contributed by atoms with E-state index in [4.69, 9.17) is 9.47 Å². The van der Waals surface area contributed by atoms with Gasteiger partial charge in [0.15, 0.2) is 0 Å². The highest BCUT2D eigenvalue weighted by atomic mass is 79.9. The van der Waals surface area contributed by atoms with Gasteiger partial charge in [0, 0.05) is 10.9 Å². The predicted octanol–water partition coefficient (Wildman–Crippen LogP) is 3.22. The van der Waals surface area contributed by atoms with Crippen molar-refractivity contribution in [2.45, 2.75) is 18.6 Å². The number of halogens is 1. The van der Waals surface area contributed by atoms with Crippen molar-refractivity contribution in [2.24, 2.45) is 0 Å². The second kappa shape index (κ2) is 6.34. The third-order valence-corrected chi connectivity index (χ3v) is 5.80. The molecule has 1 saturated heterocycles. The molecule has 3 aliphatic heterocycles. The molecule has 3 amide bonds. The Kier molecular flexibility index (Phi) is 3.90. The van der Waals surface area contributed by atoms with Crippen LogP contribution in [0.5, 0.6) is 5.75 Å². The Morgan fingerprint density at radius 2 is 1.75 bits per heavy atom. The van der Waals surface area contributed by atoms with E-state index in [0.29, 0.717) is 35.6 Å². The molecule has 3 heterocycles. The maximum absolute atomic E-state index is 12.7. The molecule has 7 nitrogen and oxygen atoms in total. The molecular formula is C20H15BrN2O5. The van der Waals surface area contributed by atoms with Crippen LogP contribution in [0.1, 0.15) is 27.1 Å². The van der Waals surface area contributed by atoms with Crippen LogP contribution in [-0.4, -0.2) is 48.1 Å². The van der Waals surface area contributed by atoms with Gasteiger partial charge in [-0.25, -0.2) is 4.79 Å². The molecule has 2 aromatic rings. The maximum Gasteiger partial charge on any atom is 0.415 e. The maximum atomic E-state index is 12.7. The summed E-state index contributed by atoms with van der Waals surface area (Å²) < 4.78 is 12.2. The number of carbonyl (C=O) groups excluding carboxylic acids is 3. The molecule has 2 atom stereocenters. The number of benzene rings is 2. The van der Waals surface area contributed by atoms with E-state index in [1.807, 2.05) is 12.1 Å². The number of anilines is 1. The Morgan fingerprint density at radius 3 is 2.46 bits per heavy atom. The molecule has 28 heavy (non-hydrogen) atoms. The third kappa shape index (κ3) is 2.51. The van der Waals surface area contributed by atoms with Crippen LogP contribution in [0.15, 0.2) is 46.9 Å². The molecular weight excluding hydrogens is 428 g/mol. The molecule has 0 radical (unpaired) electrons. The summed E-state index contributed by atoms with van der Waals surface area (Å²) >= 11 is 3.40. The highest BCUT2D eigenvalue weighted by Crippen LogP contribution is 2.40. The molecule has 3 aliphatic rings. The third-order valence-electron chi connectivity index (χ3n) is 5.30. The summed E-state index contributed by atoms with van der Waals surface area (Å²) in [5.41, 5.74) is 1.39. The van der Waals surface area contributed by atoms with Crippen LogP contribution < -0.4 is 9.64 Å². The molecule has 0 spiro atoms. The smallest absolute Gasteiger partial charge is 0.415 e. The summed E-state index contributed by atoms with van der Waals surface area (Å²) in [5, 5.41) is 0. The Morgan fingerprint density at radius 1 is 1.04 bits per heavy atom. The lowest BCUT2D eigenvalue weighted by atomic mass is 10.1. The molecule has 0 unspecified atom stereocenters. The predicted molar refractivity (Wildman–Crippen MR) is 103 cm³/mol. The molecule has 0 aromatic heterocycles. The van der Waals surface area contributed by atoms with E-state index in [1.165, 1.54) is 4.90 Å². The fourth-order valence-corrected chi connectivity index (χ4v) is 4.33. The van der Waals surface area contributed by atoms with Gasteiger partial charge in [-0.3, -0.25) is 19.4 Å². The van der Waals surface area contributed by atoms with Gasteiger partial charge >= 0.3 is 6.09 Å². The van der Waals surface area contributed by atoms with Crippen molar-refractivity contribution >= 4 is 39.5 Å². The van der Waals surface area contributed by atoms with Crippen LogP contribution in [0.2, 0.25) is 0 Å². The molecule has 8 heteroatoms. The van der Waals surface area contributed by atoms with E-state index >= 15 is 0 Å². The summed E-state index contributed by atoms with van der Waals surface area (Å²) in [6.45, 7) is 0.422. The number of hydrogen-bond acceptors (Lipinski definition) is 5. The van der Waals surface area contributed by atoms with Crippen LogP contribution in [0, 0.1) is 0 Å². The van der Waals surface area contributed by atoms with E-state index in [9.17, 15) is 14.4 Å². The SMILES string of the molecule is O=C1c2ccccc2C(=O)N1C[C@@H]1OC(=O)N2c3ccc(Br)cc3OCC[C@@H]12. The standard InChI is InChI=1S/C20H15BrN2O5/c21-11-5-6-14-16(9-11)27-8-7-15-17(28-20(26)23(14)15)10-22-18(24)12-3-1-2-4-13(12)19(22)25/h1-6,9,15,17H,7-8,10H2/t15-,17-/m0/s1. The number of nitrogens with zero attached hydrogens (tertiary/aromatic N) is 2. The van der Waals surface area contributed by atoms with E-state index in [0.717, 1.165) is 4.47 Å². The summed E-state index contributed by atoms with van der Waals surface area (Å²) in [6.07, 6.45) is -0.583. The first-order chi connectivity index (χ1) is 13.5. The van der Waals surface area contributed by atoms with Gasteiger partial charge in [0.05, 0.1) is 36.0 Å². The van der Waals surface area contributed by atoms with Gasteiger partial charge in [-0.2, -0.15) is 0 Å². The molecule has 0 saturated carbocycles. The zero-order valence-electron chi connectivity index (χ0n) is 14.6. The van der Waals surface area contributed by atoms with Crippen molar-refractivity contribution in [2.75, 3.05) is 18.1 Å². The fourth-order valence-electron chi connectivity index (χ4n) is 3.99. The summed E-state index contributed by atoms with van der Waals surface area (Å²) in [4.78, 5) is 40.7. The van der Waals surface area contributed by atoms with Gasteiger partial charge in [0.1, 0.15) is 11.9 Å². The van der Waals surface area contributed by atoms with E-state index in [1.54, 1.807) is 35.2 Å². The monoisotopic (exact) mass is 442 g/mol. The van der Waals surface area contributed by atoms with Crippen molar-refractivity contribution in [1.82, 2.24) is 4.90 Å². The van der Waals surface area contributed by atoms with Crippen LogP contribution in [0.3, 0.4) is 0 Å². The second-order valence-electron chi connectivity index (χ2n) is 6.88. The number of ether oxygens (including phenoxy) is 2. The van der Waals surface area contributed by atoms with Gasteiger partial charge in [-0.15, -0.1) is 0 Å². The number of cyclic esters (lactones) is 1. The lowest BCUT2D eigenvalue weighted by Crippen LogP contribution is -2.44. The first-order valence-electron chi connectivity index (χ1n) is 8.92. The number of amides is 3.